The zero-order valence-electron chi connectivity index (χ0n) is 12.9. The van der Waals surface area contributed by atoms with Gasteiger partial charge in [-0.1, -0.05) is 29.8 Å². The van der Waals surface area contributed by atoms with Crippen LogP contribution in [0.3, 0.4) is 0 Å². The fourth-order valence-electron chi connectivity index (χ4n) is 2.94. The summed E-state index contributed by atoms with van der Waals surface area (Å²) < 4.78 is 0. The van der Waals surface area contributed by atoms with Crippen molar-refractivity contribution < 1.29 is 5.21 Å². The first kappa shape index (κ1) is 18.3. The molecule has 1 aliphatic rings. The molecular formula is C15H18Cl2N6O. The van der Waals surface area contributed by atoms with E-state index < -0.39 is 0 Å². The summed E-state index contributed by atoms with van der Waals surface area (Å²) in [6.45, 7) is 1.91. The molecule has 1 aliphatic carbocycles. The number of guanidine groups is 1. The normalized spacial score (nSPS) is 17.8. The summed E-state index contributed by atoms with van der Waals surface area (Å²) in [4.78, 5) is 0. The molecule has 2 aromatic rings. The molecule has 0 saturated carbocycles. The summed E-state index contributed by atoms with van der Waals surface area (Å²) in [5.74, 6) is -0.118. The Morgan fingerprint density at radius 2 is 2.17 bits per heavy atom. The Morgan fingerprint density at radius 3 is 2.88 bits per heavy atom. The van der Waals surface area contributed by atoms with E-state index in [-0.39, 0.29) is 24.3 Å². The molecule has 0 aliphatic heterocycles. The predicted octanol–water partition coefficient (Wildman–Crippen LogP) is 2.73. The number of benzene rings is 1. The molecule has 0 radical (unpaired) electrons. The Labute approximate surface area is 150 Å². The first-order chi connectivity index (χ1) is 11.1. The van der Waals surface area contributed by atoms with E-state index in [9.17, 15) is 0 Å². The molecule has 1 atom stereocenters. The number of aryl methyl sites for hydroxylation is 1. The van der Waals surface area contributed by atoms with E-state index in [1.807, 2.05) is 31.2 Å². The highest BCUT2D eigenvalue weighted by Crippen LogP contribution is 2.36. The number of rotatable bonds is 2. The van der Waals surface area contributed by atoms with Gasteiger partial charge in [0, 0.05) is 16.3 Å². The Balaban J connectivity index is 0.00000208. The van der Waals surface area contributed by atoms with Crippen LogP contribution in [0.5, 0.6) is 0 Å². The highest BCUT2D eigenvalue weighted by Gasteiger charge is 2.29. The maximum Gasteiger partial charge on any atom is 0.233 e. The minimum Gasteiger partial charge on any atom is -0.288 e. The summed E-state index contributed by atoms with van der Waals surface area (Å²) in [6, 6.07) is 7.77. The number of hydrogen-bond donors (Lipinski definition) is 5. The van der Waals surface area contributed by atoms with Gasteiger partial charge in [-0.2, -0.15) is 10.2 Å². The molecule has 1 heterocycles. The Morgan fingerprint density at radius 1 is 1.42 bits per heavy atom. The predicted molar refractivity (Wildman–Crippen MR) is 95.4 cm³/mol. The topological polar surface area (TPSA) is 109 Å². The van der Waals surface area contributed by atoms with Crippen LogP contribution >= 0.6 is 24.0 Å². The highest BCUT2D eigenvalue weighted by molar-refractivity contribution is 6.31. The lowest BCUT2D eigenvalue weighted by molar-refractivity contribution is 0.228. The number of hydroxylamine groups is 1. The Hall–Kier alpha value is -2.09. The second-order valence-electron chi connectivity index (χ2n) is 5.45. The van der Waals surface area contributed by atoms with E-state index in [1.54, 1.807) is 5.48 Å². The molecule has 0 fully saturated rings. The van der Waals surface area contributed by atoms with Gasteiger partial charge in [0.25, 0.3) is 0 Å². The Bertz CT molecular complexity index is 773. The number of H-pyrrole nitrogens is 1. The number of halogens is 2. The van der Waals surface area contributed by atoms with Crippen LogP contribution in [-0.4, -0.2) is 27.1 Å². The van der Waals surface area contributed by atoms with E-state index in [0.717, 1.165) is 39.7 Å². The van der Waals surface area contributed by atoms with Gasteiger partial charge in [-0.3, -0.25) is 15.7 Å². The maximum atomic E-state index is 8.70. The molecular weight excluding hydrogens is 351 g/mol. The summed E-state index contributed by atoms with van der Waals surface area (Å²) in [6.07, 6.45) is 1.47. The summed E-state index contributed by atoms with van der Waals surface area (Å²) >= 11 is 6.33. The van der Waals surface area contributed by atoms with Crippen LogP contribution in [0.1, 0.15) is 34.9 Å². The second-order valence-corrected chi connectivity index (χ2v) is 5.85. The third-order valence-electron chi connectivity index (χ3n) is 3.96. The van der Waals surface area contributed by atoms with Crippen molar-refractivity contribution in [2.45, 2.75) is 25.7 Å². The second kappa shape index (κ2) is 7.65. The van der Waals surface area contributed by atoms with Gasteiger partial charge in [-0.15, -0.1) is 12.4 Å². The lowest BCUT2D eigenvalue weighted by Gasteiger charge is -2.24. The van der Waals surface area contributed by atoms with Crippen LogP contribution in [0.25, 0.3) is 0 Å². The van der Waals surface area contributed by atoms with Crippen molar-refractivity contribution in [2.75, 3.05) is 0 Å². The van der Waals surface area contributed by atoms with Crippen molar-refractivity contribution in [3.63, 3.8) is 0 Å². The van der Waals surface area contributed by atoms with Gasteiger partial charge in [0.15, 0.2) is 0 Å². The molecule has 0 amide bonds. The monoisotopic (exact) mass is 368 g/mol. The van der Waals surface area contributed by atoms with Gasteiger partial charge >= 0.3 is 0 Å². The number of hydrazone groups is 1. The summed E-state index contributed by atoms with van der Waals surface area (Å²) in [5.41, 5.74) is 8.87. The molecule has 3 rings (SSSR count). The molecule has 0 saturated heterocycles. The van der Waals surface area contributed by atoms with Gasteiger partial charge in [0.1, 0.15) is 0 Å². The zero-order chi connectivity index (χ0) is 16.4. The average molecular weight is 369 g/mol. The molecule has 1 unspecified atom stereocenters. The van der Waals surface area contributed by atoms with Crippen molar-refractivity contribution in [1.82, 2.24) is 21.1 Å². The SMILES string of the molecule is Cc1n[nH]c2c1C(=NNC(=N)NO)CC(c1ccccc1Cl)C2.Cl. The number of aromatic amines is 1. The zero-order valence-corrected chi connectivity index (χ0v) is 14.5. The van der Waals surface area contributed by atoms with E-state index >= 15 is 0 Å². The van der Waals surface area contributed by atoms with Gasteiger partial charge in [-0.25, -0.2) is 10.9 Å². The van der Waals surface area contributed by atoms with Gasteiger partial charge in [0.2, 0.25) is 5.96 Å². The van der Waals surface area contributed by atoms with Crippen LogP contribution in [0, 0.1) is 12.3 Å². The smallest absolute Gasteiger partial charge is 0.233 e. The molecule has 24 heavy (non-hydrogen) atoms. The molecule has 128 valence electrons. The van der Waals surface area contributed by atoms with Crippen LogP contribution in [0.2, 0.25) is 5.02 Å². The van der Waals surface area contributed by atoms with Gasteiger partial charge in [-0.05, 0) is 37.3 Å². The van der Waals surface area contributed by atoms with Gasteiger partial charge < -0.3 is 0 Å². The van der Waals surface area contributed by atoms with E-state index in [1.165, 1.54) is 0 Å². The number of hydrogen-bond acceptors (Lipinski definition) is 4. The van der Waals surface area contributed by atoms with E-state index in [0.29, 0.717) is 6.42 Å². The summed E-state index contributed by atoms with van der Waals surface area (Å²) in [7, 11) is 0. The fourth-order valence-corrected chi connectivity index (χ4v) is 3.23. The standard InChI is InChI=1S/C15H17ClN6O.ClH/c1-8-14-12(19-18-8)6-9(10-4-2-3-5-11(10)16)7-13(14)20-21-15(17)22-23;/h2-5,9,23H,6-7H2,1H3,(H,18,19)(H3,17,21,22);1H. The van der Waals surface area contributed by atoms with Gasteiger partial charge in [0.05, 0.1) is 11.4 Å². The minimum atomic E-state index is -0.292. The number of nitrogens with zero attached hydrogens (tertiary/aromatic N) is 2. The van der Waals surface area contributed by atoms with Crippen LogP contribution in [-0.2, 0) is 6.42 Å². The van der Waals surface area contributed by atoms with Crippen molar-refractivity contribution in [3.8, 4) is 0 Å². The largest absolute Gasteiger partial charge is 0.288 e. The first-order valence-electron chi connectivity index (χ1n) is 7.20. The minimum absolute atomic E-state index is 0. The fraction of sp³-hybridized carbons (Fsp3) is 0.267. The molecule has 1 aromatic heterocycles. The maximum absolute atomic E-state index is 8.70. The van der Waals surface area contributed by atoms with Crippen molar-refractivity contribution in [2.24, 2.45) is 5.10 Å². The lowest BCUT2D eigenvalue weighted by Crippen LogP contribution is -2.32. The van der Waals surface area contributed by atoms with Crippen LogP contribution < -0.4 is 10.9 Å². The highest BCUT2D eigenvalue weighted by atomic mass is 35.5. The van der Waals surface area contributed by atoms with Crippen LogP contribution in [0.15, 0.2) is 29.4 Å². The molecule has 9 heteroatoms. The number of aromatic nitrogens is 2. The molecule has 0 spiro atoms. The molecule has 0 bridgehead atoms. The van der Waals surface area contributed by atoms with Crippen molar-refractivity contribution in [1.29, 1.82) is 5.41 Å². The van der Waals surface area contributed by atoms with Crippen molar-refractivity contribution in [3.05, 3.63) is 51.8 Å². The quantitative estimate of drug-likeness (QED) is 0.319. The van der Waals surface area contributed by atoms with Crippen LogP contribution in [0.4, 0.5) is 0 Å². The first-order valence-corrected chi connectivity index (χ1v) is 7.57. The van der Waals surface area contributed by atoms with E-state index in [2.05, 4.69) is 20.7 Å². The molecule has 7 nitrogen and oxygen atoms in total. The number of fused-ring (bicyclic) bond motifs is 1. The lowest BCUT2D eigenvalue weighted by atomic mass is 9.81. The average Bonchev–Trinajstić information content (AvgIpc) is 2.94. The molecule has 1 aromatic carbocycles. The van der Waals surface area contributed by atoms with Crippen molar-refractivity contribution >= 4 is 35.7 Å². The number of nitrogens with one attached hydrogen (secondary N) is 4. The third kappa shape index (κ3) is 3.53. The summed E-state index contributed by atoms with van der Waals surface area (Å²) in [5, 5.41) is 28.4. The Kier molecular flexibility index (Phi) is 5.82. The third-order valence-corrected chi connectivity index (χ3v) is 4.30. The van der Waals surface area contributed by atoms with E-state index in [4.69, 9.17) is 22.2 Å². The molecule has 5 N–H and O–H groups in total.